The van der Waals surface area contributed by atoms with Gasteiger partial charge < -0.3 is 14.8 Å². The van der Waals surface area contributed by atoms with Crippen molar-refractivity contribution in [2.75, 3.05) is 13.7 Å². The van der Waals surface area contributed by atoms with E-state index in [0.29, 0.717) is 23.7 Å². The second-order valence-corrected chi connectivity index (χ2v) is 6.29. The molecular formula is C22H24N2O3. The van der Waals surface area contributed by atoms with Crippen molar-refractivity contribution in [1.29, 1.82) is 5.26 Å². The highest BCUT2D eigenvalue weighted by Gasteiger charge is 2.11. The first-order valence-corrected chi connectivity index (χ1v) is 8.81. The molecule has 27 heavy (non-hydrogen) atoms. The molecule has 0 aliphatic heterocycles. The predicted molar refractivity (Wildman–Crippen MR) is 106 cm³/mol. The fourth-order valence-electron chi connectivity index (χ4n) is 2.47. The SMILES string of the molecule is COc1cc(/C=C(/C#N)C(=O)NC(C)C)ccc1OCCc1ccccc1. The number of amides is 1. The molecule has 140 valence electrons. The minimum absolute atomic E-state index is 0.0378. The zero-order chi connectivity index (χ0) is 19.6. The Kier molecular flexibility index (Phi) is 7.45. The molecule has 0 heterocycles. The quantitative estimate of drug-likeness (QED) is 0.572. The van der Waals surface area contributed by atoms with Gasteiger partial charge in [0.1, 0.15) is 11.6 Å². The molecule has 5 heteroatoms. The van der Waals surface area contributed by atoms with E-state index >= 15 is 0 Å². The van der Waals surface area contributed by atoms with E-state index in [9.17, 15) is 10.1 Å². The van der Waals surface area contributed by atoms with Gasteiger partial charge in [-0.2, -0.15) is 5.26 Å². The monoisotopic (exact) mass is 364 g/mol. The highest BCUT2D eigenvalue weighted by atomic mass is 16.5. The predicted octanol–water partition coefficient (Wildman–Crippen LogP) is 3.75. The molecular weight excluding hydrogens is 340 g/mol. The fourth-order valence-corrected chi connectivity index (χ4v) is 2.47. The van der Waals surface area contributed by atoms with Crippen LogP contribution in [0.2, 0.25) is 0 Å². The second kappa shape index (κ2) is 10.0. The summed E-state index contributed by atoms with van der Waals surface area (Å²) in [6, 6.07) is 17.3. The Morgan fingerprint density at radius 3 is 2.56 bits per heavy atom. The van der Waals surface area contributed by atoms with Gasteiger partial charge in [-0.15, -0.1) is 0 Å². The molecule has 2 rings (SSSR count). The molecule has 2 aromatic rings. The van der Waals surface area contributed by atoms with Crippen LogP contribution in [0.1, 0.15) is 25.0 Å². The topological polar surface area (TPSA) is 71.3 Å². The minimum Gasteiger partial charge on any atom is -0.493 e. The first-order valence-electron chi connectivity index (χ1n) is 8.81. The van der Waals surface area contributed by atoms with Crippen LogP contribution in [0.4, 0.5) is 0 Å². The summed E-state index contributed by atoms with van der Waals surface area (Å²) in [4.78, 5) is 12.0. The molecule has 0 spiro atoms. The maximum absolute atomic E-state index is 12.0. The molecule has 1 amide bonds. The molecule has 0 bridgehead atoms. The smallest absolute Gasteiger partial charge is 0.262 e. The number of carbonyl (C=O) groups excluding carboxylic acids is 1. The first-order chi connectivity index (χ1) is 13.0. The molecule has 5 nitrogen and oxygen atoms in total. The van der Waals surface area contributed by atoms with E-state index in [1.54, 1.807) is 25.3 Å². The number of nitrogens with zero attached hydrogens (tertiary/aromatic N) is 1. The van der Waals surface area contributed by atoms with Gasteiger partial charge in [0.15, 0.2) is 11.5 Å². The molecule has 0 unspecified atom stereocenters. The van der Waals surface area contributed by atoms with Crippen molar-refractivity contribution in [2.24, 2.45) is 0 Å². The molecule has 0 radical (unpaired) electrons. The number of hydrogen-bond acceptors (Lipinski definition) is 4. The average Bonchev–Trinajstić information content (AvgIpc) is 2.67. The van der Waals surface area contributed by atoms with E-state index < -0.39 is 5.91 Å². The lowest BCUT2D eigenvalue weighted by Gasteiger charge is -2.12. The van der Waals surface area contributed by atoms with Crippen LogP contribution < -0.4 is 14.8 Å². The van der Waals surface area contributed by atoms with Crippen LogP contribution in [0.3, 0.4) is 0 Å². The summed E-state index contributed by atoms with van der Waals surface area (Å²) in [5.74, 6) is 0.781. The van der Waals surface area contributed by atoms with Crippen molar-refractivity contribution in [3.05, 3.63) is 65.2 Å². The van der Waals surface area contributed by atoms with Gasteiger partial charge in [0.25, 0.3) is 5.91 Å². The summed E-state index contributed by atoms with van der Waals surface area (Å²) >= 11 is 0. The average molecular weight is 364 g/mol. The van der Waals surface area contributed by atoms with E-state index in [2.05, 4.69) is 17.4 Å². The van der Waals surface area contributed by atoms with Crippen molar-refractivity contribution < 1.29 is 14.3 Å². The summed E-state index contributed by atoms with van der Waals surface area (Å²) in [6.07, 6.45) is 2.33. The molecule has 0 aliphatic rings. The summed E-state index contributed by atoms with van der Waals surface area (Å²) < 4.78 is 11.2. The Hall–Kier alpha value is -3.26. The number of hydrogen-bond donors (Lipinski definition) is 1. The van der Waals surface area contributed by atoms with Crippen molar-refractivity contribution in [3.8, 4) is 17.6 Å². The number of nitriles is 1. The second-order valence-electron chi connectivity index (χ2n) is 6.29. The van der Waals surface area contributed by atoms with Gasteiger partial charge in [0.2, 0.25) is 0 Å². The van der Waals surface area contributed by atoms with Gasteiger partial charge in [-0.25, -0.2) is 0 Å². The molecule has 0 fully saturated rings. The van der Waals surface area contributed by atoms with Crippen LogP contribution in [-0.2, 0) is 11.2 Å². The molecule has 0 saturated carbocycles. The lowest BCUT2D eigenvalue weighted by atomic mass is 10.1. The lowest BCUT2D eigenvalue weighted by Crippen LogP contribution is -2.30. The molecule has 1 N–H and O–H groups in total. The first kappa shape index (κ1) is 20.1. The fraction of sp³-hybridized carbons (Fsp3) is 0.273. The van der Waals surface area contributed by atoms with Crippen LogP contribution >= 0.6 is 0 Å². The minimum atomic E-state index is -0.394. The number of nitrogens with one attached hydrogen (secondary N) is 1. The van der Waals surface area contributed by atoms with Gasteiger partial charge in [-0.1, -0.05) is 36.4 Å². The standard InChI is InChI=1S/C22H24N2O3/c1-16(2)24-22(25)19(15-23)13-18-9-10-20(21(14-18)26-3)27-12-11-17-7-5-4-6-8-17/h4-10,13-14,16H,11-12H2,1-3H3,(H,24,25)/b19-13-. The Balaban J connectivity index is 2.09. The number of benzene rings is 2. The van der Waals surface area contributed by atoms with Crippen molar-refractivity contribution in [3.63, 3.8) is 0 Å². The van der Waals surface area contributed by atoms with E-state index in [0.717, 1.165) is 6.42 Å². The maximum Gasteiger partial charge on any atom is 0.262 e. The van der Waals surface area contributed by atoms with Crippen LogP contribution in [0, 0.1) is 11.3 Å². The maximum atomic E-state index is 12.0. The van der Waals surface area contributed by atoms with Crippen LogP contribution in [0.25, 0.3) is 6.08 Å². The number of carbonyl (C=O) groups is 1. The summed E-state index contributed by atoms with van der Waals surface area (Å²) in [7, 11) is 1.56. The third-order valence-corrected chi connectivity index (χ3v) is 3.77. The Morgan fingerprint density at radius 1 is 1.19 bits per heavy atom. The van der Waals surface area contributed by atoms with Crippen LogP contribution in [0.5, 0.6) is 11.5 Å². The van der Waals surface area contributed by atoms with Gasteiger partial charge in [0, 0.05) is 12.5 Å². The Labute approximate surface area is 160 Å². The van der Waals surface area contributed by atoms with Crippen LogP contribution in [0.15, 0.2) is 54.1 Å². The number of rotatable bonds is 8. The zero-order valence-electron chi connectivity index (χ0n) is 15.9. The van der Waals surface area contributed by atoms with E-state index in [4.69, 9.17) is 9.47 Å². The molecule has 0 atom stereocenters. The van der Waals surface area contributed by atoms with Gasteiger partial charge in [-0.3, -0.25) is 4.79 Å². The third kappa shape index (κ3) is 6.19. The molecule has 0 saturated heterocycles. The van der Waals surface area contributed by atoms with E-state index in [1.165, 1.54) is 11.6 Å². The van der Waals surface area contributed by atoms with Crippen molar-refractivity contribution in [2.45, 2.75) is 26.3 Å². The molecule has 0 aliphatic carbocycles. The zero-order valence-corrected chi connectivity index (χ0v) is 15.9. The highest BCUT2D eigenvalue weighted by Crippen LogP contribution is 2.29. The van der Waals surface area contributed by atoms with Gasteiger partial charge in [-0.05, 0) is 43.2 Å². The number of methoxy groups -OCH3 is 1. The lowest BCUT2D eigenvalue weighted by molar-refractivity contribution is -0.117. The van der Waals surface area contributed by atoms with E-state index in [1.807, 2.05) is 38.1 Å². The normalized spacial score (nSPS) is 11.0. The van der Waals surface area contributed by atoms with Gasteiger partial charge >= 0.3 is 0 Å². The van der Waals surface area contributed by atoms with Crippen molar-refractivity contribution >= 4 is 12.0 Å². The summed E-state index contributed by atoms with van der Waals surface area (Å²) in [6.45, 7) is 4.21. The van der Waals surface area contributed by atoms with Crippen LogP contribution in [-0.4, -0.2) is 25.7 Å². The van der Waals surface area contributed by atoms with Crippen molar-refractivity contribution in [1.82, 2.24) is 5.32 Å². The third-order valence-electron chi connectivity index (χ3n) is 3.77. The van der Waals surface area contributed by atoms with Gasteiger partial charge in [0.05, 0.1) is 13.7 Å². The molecule has 2 aromatic carbocycles. The summed E-state index contributed by atoms with van der Waals surface area (Å²) in [5, 5.41) is 12.0. The highest BCUT2D eigenvalue weighted by molar-refractivity contribution is 6.01. The van der Waals surface area contributed by atoms with E-state index in [-0.39, 0.29) is 11.6 Å². The number of ether oxygens (including phenoxy) is 2. The molecule has 0 aromatic heterocycles. The summed E-state index contributed by atoms with van der Waals surface area (Å²) in [5.41, 5.74) is 1.94. The Morgan fingerprint density at radius 2 is 1.93 bits per heavy atom. The Bertz CT molecular complexity index is 836. The largest absolute Gasteiger partial charge is 0.493 e.